The van der Waals surface area contributed by atoms with Crippen LogP contribution in [0.3, 0.4) is 0 Å². The van der Waals surface area contributed by atoms with Gasteiger partial charge in [0.15, 0.2) is 5.96 Å². The molecule has 2 heterocycles. The standard InChI is InChI=1S/C17H30N4S/c1-6-14(7-2)15-8-9-21(11-15)17(18-5)19-10-16-12(3)20-13(4)22-16/h14-15H,6-11H2,1-5H3,(H,18,19). The fourth-order valence-corrected chi connectivity index (χ4v) is 4.43. The van der Waals surface area contributed by atoms with Gasteiger partial charge in [-0.1, -0.05) is 26.7 Å². The number of hydrogen-bond acceptors (Lipinski definition) is 3. The summed E-state index contributed by atoms with van der Waals surface area (Å²) in [6, 6.07) is 0. The van der Waals surface area contributed by atoms with Crippen LogP contribution in [0.2, 0.25) is 0 Å². The van der Waals surface area contributed by atoms with Gasteiger partial charge >= 0.3 is 0 Å². The number of hydrogen-bond donors (Lipinski definition) is 1. The summed E-state index contributed by atoms with van der Waals surface area (Å²) in [5.41, 5.74) is 1.14. The summed E-state index contributed by atoms with van der Waals surface area (Å²) >= 11 is 1.77. The number of likely N-dealkylation sites (tertiary alicyclic amines) is 1. The zero-order valence-corrected chi connectivity index (χ0v) is 15.5. The van der Waals surface area contributed by atoms with Crippen molar-refractivity contribution in [1.82, 2.24) is 15.2 Å². The Kier molecular flexibility index (Phi) is 6.24. The Morgan fingerprint density at radius 3 is 2.68 bits per heavy atom. The molecule has 2 rings (SSSR count). The van der Waals surface area contributed by atoms with Crippen molar-refractivity contribution in [3.8, 4) is 0 Å². The summed E-state index contributed by atoms with van der Waals surface area (Å²) in [6.45, 7) is 11.9. The molecule has 1 N–H and O–H groups in total. The van der Waals surface area contributed by atoms with Crippen LogP contribution >= 0.6 is 11.3 Å². The molecule has 124 valence electrons. The van der Waals surface area contributed by atoms with Crippen molar-refractivity contribution in [2.45, 2.75) is 53.5 Å². The molecule has 0 amide bonds. The Hall–Kier alpha value is -1.10. The van der Waals surface area contributed by atoms with E-state index in [1.807, 2.05) is 7.05 Å². The van der Waals surface area contributed by atoms with Gasteiger partial charge in [0.25, 0.3) is 0 Å². The molecule has 1 unspecified atom stereocenters. The second-order valence-electron chi connectivity index (χ2n) is 6.21. The topological polar surface area (TPSA) is 40.5 Å². The SMILES string of the molecule is CCC(CC)C1CCN(C(=NC)NCc2sc(C)nc2C)C1. The van der Waals surface area contributed by atoms with E-state index in [0.29, 0.717) is 0 Å². The molecule has 0 aliphatic carbocycles. The van der Waals surface area contributed by atoms with E-state index in [4.69, 9.17) is 0 Å². The third kappa shape index (κ3) is 4.00. The second-order valence-corrected chi connectivity index (χ2v) is 7.50. The number of rotatable bonds is 5. The normalized spacial score (nSPS) is 19.3. The van der Waals surface area contributed by atoms with E-state index in [1.165, 1.54) is 24.1 Å². The van der Waals surface area contributed by atoms with Gasteiger partial charge in [0.2, 0.25) is 0 Å². The summed E-state index contributed by atoms with van der Waals surface area (Å²) in [7, 11) is 1.89. The molecular weight excluding hydrogens is 292 g/mol. The lowest BCUT2D eigenvalue weighted by molar-refractivity contribution is 0.319. The van der Waals surface area contributed by atoms with E-state index in [-0.39, 0.29) is 0 Å². The predicted molar refractivity (Wildman–Crippen MR) is 95.5 cm³/mol. The van der Waals surface area contributed by atoms with E-state index in [0.717, 1.165) is 48.1 Å². The first-order valence-corrected chi connectivity index (χ1v) is 9.29. The molecule has 0 bridgehead atoms. The molecule has 5 heteroatoms. The van der Waals surface area contributed by atoms with Gasteiger partial charge in [0, 0.05) is 25.0 Å². The number of thiazole rings is 1. The lowest BCUT2D eigenvalue weighted by Gasteiger charge is -2.24. The molecule has 0 aromatic carbocycles. The smallest absolute Gasteiger partial charge is 0.193 e. The first kappa shape index (κ1) is 17.3. The summed E-state index contributed by atoms with van der Waals surface area (Å²) in [5, 5.41) is 4.66. The molecule has 1 aromatic rings. The van der Waals surface area contributed by atoms with Crippen LogP contribution in [0.1, 0.15) is 48.7 Å². The highest BCUT2D eigenvalue weighted by molar-refractivity contribution is 7.11. The molecule has 1 atom stereocenters. The van der Waals surface area contributed by atoms with E-state index in [9.17, 15) is 0 Å². The van der Waals surface area contributed by atoms with Gasteiger partial charge in [-0.15, -0.1) is 11.3 Å². The monoisotopic (exact) mass is 322 g/mol. The molecule has 0 radical (unpaired) electrons. The van der Waals surface area contributed by atoms with Crippen LogP contribution < -0.4 is 5.32 Å². The number of aryl methyl sites for hydroxylation is 2. The lowest BCUT2D eigenvalue weighted by atomic mass is 9.87. The van der Waals surface area contributed by atoms with Crippen molar-refractivity contribution in [2.75, 3.05) is 20.1 Å². The zero-order valence-electron chi connectivity index (χ0n) is 14.6. The molecule has 22 heavy (non-hydrogen) atoms. The summed E-state index contributed by atoms with van der Waals surface area (Å²) in [5.74, 6) is 2.72. The van der Waals surface area contributed by atoms with E-state index < -0.39 is 0 Å². The second kappa shape index (κ2) is 7.95. The number of aromatic nitrogens is 1. The van der Waals surface area contributed by atoms with Gasteiger partial charge in [0.05, 0.1) is 17.2 Å². The Balaban J connectivity index is 1.91. The first-order valence-electron chi connectivity index (χ1n) is 8.47. The molecular formula is C17H30N4S. The fraction of sp³-hybridized carbons (Fsp3) is 0.765. The van der Waals surface area contributed by atoms with Crippen molar-refractivity contribution >= 4 is 17.3 Å². The van der Waals surface area contributed by atoms with Gasteiger partial charge in [0.1, 0.15) is 0 Å². The Labute approximate surface area is 139 Å². The maximum atomic E-state index is 4.49. The third-order valence-corrected chi connectivity index (χ3v) is 5.93. The number of nitrogens with zero attached hydrogens (tertiary/aromatic N) is 3. The van der Waals surface area contributed by atoms with Crippen molar-refractivity contribution in [3.63, 3.8) is 0 Å². The van der Waals surface area contributed by atoms with Crippen LogP contribution in [-0.2, 0) is 6.54 Å². The zero-order chi connectivity index (χ0) is 16.1. The van der Waals surface area contributed by atoms with Crippen LogP contribution in [0.25, 0.3) is 0 Å². The minimum atomic E-state index is 0.820. The van der Waals surface area contributed by atoms with Crippen molar-refractivity contribution in [3.05, 3.63) is 15.6 Å². The molecule has 1 aliphatic rings. The summed E-state index contributed by atoms with van der Waals surface area (Å²) < 4.78 is 0. The number of guanidine groups is 1. The Morgan fingerprint density at radius 2 is 2.14 bits per heavy atom. The summed E-state index contributed by atoms with van der Waals surface area (Å²) in [4.78, 5) is 12.7. The average molecular weight is 323 g/mol. The van der Waals surface area contributed by atoms with Crippen LogP contribution in [0, 0.1) is 25.7 Å². The van der Waals surface area contributed by atoms with Crippen LogP contribution in [0.5, 0.6) is 0 Å². The van der Waals surface area contributed by atoms with Crippen molar-refractivity contribution in [1.29, 1.82) is 0 Å². The highest BCUT2D eigenvalue weighted by atomic mass is 32.1. The van der Waals surface area contributed by atoms with Gasteiger partial charge in [-0.25, -0.2) is 4.98 Å². The van der Waals surface area contributed by atoms with Gasteiger partial charge in [-0.2, -0.15) is 0 Å². The van der Waals surface area contributed by atoms with Crippen LogP contribution in [0.15, 0.2) is 4.99 Å². The largest absolute Gasteiger partial charge is 0.351 e. The maximum Gasteiger partial charge on any atom is 0.193 e. The Morgan fingerprint density at radius 1 is 1.41 bits per heavy atom. The first-order chi connectivity index (χ1) is 10.6. The van der Waals surface area contributed by atoms with E-state index in [2.05, 4.69) is 47.9 Å². The molecule has 1 saturated heterocycles. The molecule has 0 saturated carbocycles. The molecule has 1 aliphatic heterocycles. The van der Waals surface area contributed by atoms with Crippen LogP contribution in [-0.4, -0.2) is 36.0 Å². The lowest BCUT2D eigenvalue weighted by Crippen LogP contribution is -2.40. The van der Waals surface area contributed by atoms with Gasteiger partial charge < -0.3 is 10.2 Å². The maximum absolute atomic E-state index is 4.49. The van der Waals surface area contributed by atoms with Crippen LogP contribution in [0.4, 0.5) is 0 Å². The average Bonchev–Trinajstić information content (AvgIpc) is 3.09. The minimum absolute atomic E-state index is 0.820. The third-order valence-electron chi connectivity index (χ3n) is 4.86. The van der Waals surface area contributed by atoms with E-state index >= 15 is 0 Å². The fourth-order valence-electron chi connectivity index (χ4n) is 3.55. The van der Waals surface area contributed by atoms with E-state index in [1.54, 1.807) is 11.3 Å². The minimum Gasteiger partial charge on any atom is -0.351 e. The summed E-state index contributed by atoms with van der Waals surface area (Å²) in [6.07, 6.45) is 3.88. The molecule has 1 fully saturated rings. The number of aliphatic imine (C=N–C) groups is 1. The molecule has 1 aromatic heterocycles. The quantitative estimate of drug-likeness (QED) is 0.665. The number of nitrogens with one attached hydrogen (secondary N) is 1. The highest BCUT2D eigenvalue weighted by Gasteiger charge is 2.29. The predicted octanol–water partition coefficient (Wildman–Crippen LogP) is 3.59. The molecule has 4 nitrogen and oxygen atoms in total. The molecule has 0 spiro atoms. The van der Waals surface area contributed by atoms with Crippen molar-refractivity contribution < 1.29 is 0 Å². The Bertz CT molecular complexity index is 505. The van der Waals surface area contributed by atoms with Gasteiger partial charge in [-0.3, -0.25) is 4.99 Å². The highest BCUT2D eigenvalue weighted by Crippen LogP contribution is 2.28. The van der Waals surface area contributed by atoms with Crippen molar-refractivity contribution in [2.24, 2.45) is 16.8 Å². The van der Waals surface area contributed by atoms with Gasteiger partial charge in [-0.05, 0) is 32.1 Å².